The summed E-state index contributed by atoms with van der Waals surface area (Å²) in [6.07, 6.45) is -0.491. The van der Waals surface area contributed by atoms with Crippen molar-refractivity contribution < 1.29 is 19.1 Å². The second-order valence-corrected chi connectivity index (χ2v) is 7.42. The van der Waals surface area contributed by atoms with Crippen LogP contribution in [0.5, 0.6) is 0 Å². The molecule has 0 radical (unpaired) electrons. The lowest BCUT2D eigenvalue weighted by molar-refractivity contribution is -0.120. The fraction of sp³-hybridized carbons (Fsp3) is 0.611. The number of pyridine rings is 1. The number of nitrogens with one attached hydrogen (secondary N) is 3. The lowest BCUT2D eigenvalue weighted by atomic mass is 10.1. The van der Waals surface area contributed by atoms with Gasteiger partial charge in [0.15, 0.2) is 0 Å². The SMILES string of the molecule is CCOCC(=O)Nc1c(NCCNC(=O)OC(C)(C)C)c(C)c(C)n2nnnc12. The Balaban J connectivity index is 2.16. The van der Waals surface area contributed by atoms with Gasteiger partial charge in [-0.1, -0.05) is 0 Å². The monoisotopic (exact) mass is 407 g/mol. The van der Waals surface area contributed by atoms with Crippen LogP contribution < -0.4 is 16.0 Å². The van der Waals surface area contributed by atoms with Crippen molar-refractivity contribution in [3.63, 3.8) is 0 Å². The van der Waals surface area contributed by atoms with Gasteiger partial charge in [0.05, 0.1) is 5.69 Å². The van der Waals surface area contributed by atoms with Gasteiger partial charge in [-0.3, -0.25) is 4.79 Å². The number of nitrogens with zero attached hydrogens (tertiary/aromatic N) is 4. The Morgan fingerprint density at radius 1 is 1.14 bits per heavy atom. The number of carbonyl (C=O) groups is 2. The molecule has 2 heterocycles. The minimum Gasteiger partial charge on any atom is -0.444 e. The number of fused-ring (bicyclic) bond motifs is 1. The van der Waals surface area contributed by atoms with E-state index >= 15 is 0 Å². The van der Waals surface area contributed by atoms with Crippen LogP contribution in [-0.4, -0.2) is 63.9 Å². The van der Waals surface area contributed by atoms with E-state index in [0.29, 0.717) is 36.7 Å². The van der Waals surface area contributed by atoms with Crippen LogP contribution in [0, 0.1) is 13.8 Å². The molecule has 0 aliphatic carbocycles. The van der Waals surface area contributed by atoms with Gasteiger partial charge in [-0.2, -0.15) is 4.52 Å². The van der Waals surface area contributed by atoms with E-state index in [-0.39, 0.29) is 12.5 Å². The molecule has 29 heavy (non-hydrogen) atoms. The number of amides is 2. The highest BCUT2D eigenvalue weighted by atomic mass is 16.6. The molecule has 0 aromatic carbocycles. The van der Waals surface area contributed by atoms with Crippen molar-refractivity contribution >= 4 is 29.0 Å². The average molecular weight is 407 g/mol. The minimum absolute atomic E-state index is 0.0726. The highest BCUT2D eigenvalue weighted by Gasteiger charge is 2.20. The van der Waals surface area contributed by atoms with E-state index in [0.717, 1.165) is 11.3 Å². The number of aromatic nitrogens is 4. The highest BCUT2D eigenvalue weighted by molar-refractivity contribution is 6.00. The van der Waals surface area contributed by atoms with Crippen molar-refractivity contribution in [1.29, 1.82) is 0 Å². The number of tetrazole rings is 1. The standard InChI is InChI=1S/C18H29N7O4/c1-7-28-10-13(26)21-15-14(11(2)12(3)25-16(15)22-23-24-25)19-8-9-20-17(27)29-18(4,5)6/h19H,7-10H2,1-6H3,(H,20,27)(H,21,26). The number of hydrogen-bond acceptors (Lipinski definition) is 8. The normalized spacial score (nSPS) is 11.4. The summed E-state index contributed by atoms with van der Waals surface area (Å²) in [7, 11) is 0. The third kappa shape index (κ3) is 6.01. The molecule has 2 amide bonds. The summed E-state index contributed by atoms with van der Waals surface area (Å²) in [4.78, 5) is 24.0. The maximum atomic E-state index is 12.2. The van der Waals surface area contributed by atoms with Gasteiger partial charge in [-0.05, 0) is 57.5 Å². The van der Waals surface area contributed by atoms with Gasteiger partial charge in [0.1, 0.15) is 17.9 Å². The maximum absolute atomic E-state index is 12.2. The Morgan fingerprint density at radius 2 is 1.86 bits per heavy atom. The van der Waals surface area contributed by atoms with E-state index in [1.807, 2.05) is 20.8 Å². The fourth-order valence-electron chi connectivity index (χ4n) is 2.58. The largest absolute Gasteiger partial charge is 0.444 e. The second-order valence-electron chi connectivity index (χ2n) is 7.42. The Bertz CT molecular complexity index is 873. The minimum atomic E-state index is -0.561. The molecule has 0 saturated heterocycles. The molecule has 0 bridgehead atoms. The molecule has 2 aromatic rings. The first kappa shape index (κ1) is 22.3. The van der Waals surface area contributed by atoms with E-state index < -0.39 is 11.7 Å². The van der Waals surface area contributed by atoms with Crippen LogP contribution >= 0.6 is 0 Å². The summed E-state index contributed by atoms with van der Waals surface area (Å²) in [5.41, 5.74) is 2.69. The second kappa shape index (κ2) is 9.50. The van der Waals surface area contributed by atoms with Crippen LogP contribution in [0.1, 0.15) is 39.0 Å². The number of aryl methyl sites for hydroxylation is 1. The predicted octanol–water partition coefficient (Wildman–Crippen LogP) is 1.65. The van der Waals surface area contributed by atoms with Gasteiger partial charge in [-0.25, -0.2) is 4.79 Å². The molecule has 3 N–H and O–H groups in total. The number of ether oxygens (including phenoxy) is 2. The van der Waals surface area contributed by atoms with E-state index in [1.54, 1.807) is 25.3 Å². The third-order valence-electron chi connectivity index (χ3n) is 3.98. The molecular formula is C18H29N7O4. The van der Waals surface area contributed by atoms with Crippen molar-refractivity contribution in [1.82, 2.24) is 25.4 Å². The lowest BCUT2D eigenvalue weighted by Crippen LogP contribution is -2.35. The molecule has 0 aliphatic rings. The zero-order chi connectivity index (χ0) is 21.6. The molecule has 0 saturated carbocycles. The Morgan fingerprint density at radius 3 is 2.52 bits per heavy atom. The molecular weight excluding hydrogens is 378 g/mol. The van der Waals surface area contributed by atoms with Crippen molar-refractivity contribution in [3.05, 3.63) is 11.3 Å². The molecule has 160 valence electrons. The van der Waals surface area contributed by atoms with Crippen molar-refractivity contribution in [2.45, 2.75) is 47.1 Å². The van der Waals surface area contributed by atoms with Crippen LogP contribution in [0.25, 0.3) is 5.65 Å². The van der Waals surface area contributed by atoms with Crippen molar-refractivity contribution in [2.24, 2.45) is 0 Å². The van der Waals surface area contributed by atoms with Crippen LogP contribution in [0.3, 0.4) is 0 Å². The summed E-state index contributed by atoms with van der Waals surface area (Å²) in [5, 5.41) is 20.5. The van der Waals surface area contributed by atoms with Crippen molar-refractivity contribution in [2.75, 3.05) is 36.9 Å². The summed E-state index contributed by atoms with van der Waals surface area (Å²) in [5.74, 6) is -0.310. The summed E-state index contributed by atoms with van der Waals surface area (Å²) in [6, 6.07) is 0. The quantitative estimate of drug-likeness (QED) is 0.563. The Kier molecular flexibility index (Phi) is 7.32. The molecule has 0 aliphatic heterocycles. The first-order chi connectivity index (χ1) is 13.6. The molecule has 0 atom stereocenters. The number of alkyl carbamates (subject to hydrolysis) is 1. The summed E-state index contributed by atoms with van der Waals surface area (Å²) >= 11 is 0. The van der Waals surface area contributed by atoms with Crippen LogP contribution in [0.4, 0.5) is 16.2 Å². The Labute approximate surface area is 169 Å². The van der Waals surface area contributed by atoms with E-state index in [4.69, 9.17) is 9.47 Å². The first-order valence-corrected chi connectivity index (χ1v) is 9.43. The van der Waals surface area contributed by atoms with Gasteiger partial charge in [-0.15, -0.1) is 5.10 Å². The Hall–Kier alpha value is -2.95. The number of anilines is 2. The summed E-state index contributed by atoms with van der Waals surface area (Å²) in [6.45, 7) is 12.1. The van der Waals surface area contributed by atoms with Crippen LogP contribution in [0.15, 0.2) is 0 Å². The number of carbonyl (C=O) groups excluding carboxylic acids is 2. The van der Waals surface area contributed by atoms with Crippen LogP contribution in [0.2, 0.25) is 0 Å². The van der Waals surface area contributed by atoms with Gasteiger partial charge >= 0.3 is 6.09 Å². The van der Waals surface area contributed by atoms with Gasteiger partial charge in [0.2, 0.25) is 5.65 Å². The third-order valence-corrected chi connectivity index (χ3v) is 3.98. The van der Waals surface area contributed by atoms with E-state index in [2.05, 4.69) is 31.5 Å². The lowest BCUT2D eigenvalue weighted by Gasteiger charge is -2.20. The van der Waals surface area contributed by atoms with Crippen molar-refractivity contribution in [3.8, 4) is 0 Å². The number of hydrogen-bond donors (Lipinski definition) is 3. The molecule has 0 fully saturated rings. The number of rotatable bonds is 8. The van der Waals surface area contributed by atoms with E-state index in [1.165, 1.54) is 0 Å². The van der Waals surface area contributed by atoms with Gasteiger partial charge in [0, 0.05) is 25.4 Å². The zero-order valence-corrected chi connectivity index (χ0v) is 17.8. The first-order valence-electron chi connectivity index (χ1n) is 9.43. The molecule has 11 heteroatoms. The topological polar surface area (TPSA) is 132 Å². The summed E-state index contributed by atoms with van der Waals surface area (Å²) < 4.78 is 11.9. The molecule has 0 unspecified atom stereocenters. The molecule has 2 aromatic heterocycles. The highest BCUT2D eigenvalue weighted by Crippen LogP contribution is 2.31. The van der Waals surface area contributed by atoms with Gasteiger partial charge in [0.25, 0.3) is 5.91 Å². The maximum Gasteiger partial charge on any atom is 0.407 e. The molecule has 11 nitrogen and oxygen atoms in total. The smallest absolute Gasteiger partial charge is 0.407 e. The van der Waals surface area contributed by atoms with Crippen LogP contribution in [-0.2, 0) is 14.3 Å². The average Bonchev–Trinajstić information content (AvgIpc) is 3.11. The zero-order valence-electron chi connectivity index (χ0n) is 17.8. The molecule has 2 rings (SSSR count). The van der Waals surface area contributed by atoms with Gasteiger partial charge < -0.3 is 25.4 Å². The molecule has 0 spiro atoms. The van der Waals surface area contributed by atoms with E-state index in [9.17, 15) is 9.59 Å². The predicted molar refractivity (Wildman–Crippen MR) is 108 cm³/mol. The fourth-order valence-corrected chi connectivity index (χ4v) is 2.58.